The lowest BCUT2D eigenvalue weighted by Crippen LogP contribution is -2.04. The Labute approximate surface area is 124 Å². The Morgan fingerprint density at radius 1 is 1.30 bits per heavy atom. The van der Waals surface area contributed by atoms with Crippen LogP contribution in [-0.2, 0) is 0 Å². The molecule has 0 heterocycles. The highest BCUT2D eigenvalue weighted by Gasteiger charge is 2.10. The number of ether oxygens (including phenoxy) is 1. The molecule has 0 aromatic heterocycles. The summed E-state index contributed by atoms with van der Waals surface area (Å²) in [5.74, 6) is 0.989. The van der Waals surface area contributed by atoms with Gasteiger partial charge in [-0.1, -0.05) is 12.1 Å². The van der Waals surface area contributed by atoms with E-state index in [4.69, 9.17) is 10.5 Å². The van der Waals surface area contributed by atoms with E-state index < -0.39 is 4.92 Å². The number of rotatable bonds is 4. The number of hydrogen-bond acceptors (Lipinski definition) is 4. The predicted octanol–water partition coefficient (Wildman–Crippen LogP) is 4.17. The lowest BCUT2D eigenvalue weighted by molar-refractivity contribution is -0.384. The number of benzene rings is 2. The highest BCUT2D eigenvalue weighted by atomic mass is 79.9. The van der Waals surface area contributed by atoms with E-state index in [1.54, 1.807) is 18.2 Å². The number of hydrogen-bond donors (Lipinski definition) is 1. The summed E-state index contributed by atoms with van der Waals surface area (Å²) < 4.78 is 6.39. The van der Waals surface area contributed by atoms with Crippen LogP contribution in [0, 0.1) is 10.1 Å². The summed E-state index contributed by atoms with van der Waals surface area (Å²) in [6.07, 6.45) is 0. The van der Waals surface area contributed by atoms with E-state index in [9.17, 15) is 10.1 Å². The van der Waals surface area contributed by atoms with Crippen LogP contribution in [0.4, 0.5) is 5.69 Å². The lowest BCUT2D eigenvalue weighted by atomic mass is 10.1. The van der Waals surface area contributed by atoms with Gasteiger partial charge in [0.1, 0.15) is 11.5 Å². The van der Waals surface area contributed by atoms with Gasteiger partial charge in [-0.2, -0.15) is 0 Å². The van der Waals surface area contributed by atoms with Crippen LogP contribution in [0.3, 0.4) is 0 Å². The molecule has 0 bridgehead atoms. The zero-order chi connectivity index (χ0) is 14.7. The summed E-state index contributed by atoms with van der Waals surface area (Å²) in [5.41, 5.74) is 6.77. The first-order chi connectivity index (χ1) is 9.47. The van der Waals surface area contributed by atoms with Crippen LogP contribution in [0.15, 0.2) is 46.9 Å². The minimum atomic E-state index is -0.457. The fourth-order valence-electron chi connectivity index (χ4n) is 1.67. The number of nitrogens with zero attached hydrogens (tertiary/aromatic N) is 1. The van der Waals surface area contributed by atoms with Gasteiger partial charge in [0.25, 0.3) is 5.69 Å². The number of nitro groups is 1. The van der Waals surface area contributed by atoms with Gasteiger partial charge >= 0.3 is 0 Å². The van der Waals surface area contributed by atoms with Crippen LogP contribution in [0.25, 0.3) is 0 Å². The zero-order valence-electron chi connectivity index (χ0n) is 10.7. The van der Waals surface area contributed by atoms with Crippen LogP contribution in [0.2, 0.25) is 0 Å². The zero-order valence-corrected chi connectivity index (χ0v) is 12.3. The largest absolute Gasteiger partial charge is 0.456 e. The first-order valence-electron chi connectivity index (χ1n) is 5.94. The summed E-state index contributed by atoms with van der Waals surface area (Å²) in [6, 6.07) is 11.5. The topological polar surface area (TPSA) is 78.4 Å². The molecule has 0 spiro atoms. The van der Waals surface area contributed by atoms with Crippen molar-refractivity contribution in [2.45, 2.75) is 13.0 Å². The van der Waals surface area contributed by atoms with Crippen LogP contribution < -0.4 is 10.5 Å². The van der Waals surface area contributed by atoms with Crippen molar-refractivity contribution in [2.75, 3.05) is 0 Å². The molecule has 6 heteroatoms. The molecule has 104 valence electrons. The molecule has 2 aromatic rings. The Kier molecular flexibility index (Phi) is 4.36. The van der Waals surface area contributed by atoms with E-state index in [-0.39, 0.29) is 11.7 Å². The second kappa shape index (κ2) is 6.02. The lowest BCUT2D eigenvalue weighted by Gasteiger charge is -2.11. The molecule has 0 aliphatic heterocycles. The van der Waals surface area contributed by atoms with Gasteiger partial charge in [0, 0.05) is 12.1 Å². The van der Waals surface area contributed by atoms with Crippen molar-refractivity contribution in [3.63, 3.8) is 0 Å². The molecule has 20 heavy (non-hydrogen) atoms. The molecule has 2 N–H and O–H groups in total. The maximum absolute atomic E-state index is 10.7. The molecule has 0 aliphatic rings. The van der Waals surface area contributed by atoms with E-state index in [1.165, 1.54) is 12.1 Å². The highest BCUT2D eigenvalue weighted by molar-refractivity contribution is 9.10. The molecule has 0 radical (unpaired) electrons. The molecule has 1 unspecified atom stereocenters. The van der Waals surface area contributed by atoms with E-state index in [0.29, 0.717) is 11.5 Å². The molecule has 1 atom stereocenters. The molecule has 2 rings (SSSR count). The van der Waals surface area contributed by atoms with Crippen LogP contribution >= 0.6 is 15.9 Å². The van der Waals surface area contributed by atoms with Gasteiger partial charge in [0.05, 0.1) is 15.5 Å². The van der Waals surface area contributed by atoms with Crippen molar-refractivity contribution in [1.82, 2.24) is 0 Å². The van der Waals surface area contributed by atoms with Gasteiger partial charge in [0.2, 0.25) is 0 Å². The van der Waals surface area contributed by atoms with Gasteiger partial charge in [-0.3, -0.25) is 10.1 Å². The summed E-state index contributed by atoms with van der Waals surface area (Å²) in [4.78, 5) is 10.3. The van der Waals surface area contributed by atoms with E-state index in [2.05, 4.69) is 15.9 Å². The summed E-state index contributed by atoms with van der Waals surface area (Å²) in [5, 5.41) is 10.7. The first-order valence-corrected chi connectivity index (χ1v) is 6.74. The van der Waals surface area contributed by atoms with Gasteiger partial charge < -0.3 is 10.5 Å². The SMILES string of the molecule is CC(N)c1ccc(Oc2cccc([N+](=O)[O-])c2)c(Br)c1. The van der Waals surface area contributed by atoms with Gasteiger partial charge in [-0.25, -0.2) is 0 Å². The summed E-state index contributed by atoms with van der Waals surface area (Å²) in [7, 11) is 0. The Balaban J connectivity index is 2.26. The van der Waals surface area contributed by atoms with Crippen molar-refractivity contribution in [2.24, 2.45) is 5.73 Å². The monoisotopic (exact) mass is 336 g/mol. The van der Waals surface area contributed by atoms with Crippen LogP contribution in [0.5, 0.6) is 11.5 Å². The highest BCUT2D eigenvalue weighted by Crippen LogP contribution is 2.32. The molecule has 5 nitrogen and oxygen atoms in total. The summed E-state index contributed by atoms with van der Waals surface area (Å²) in [6.45, 7) is 1.89. The molecule has 0 aliphatic carbocycles. The second-order valence-corrected chi connectivity index (χ2v) is 5.19. The normalized spacial score (nSPS) is 11.9. The third-order valence-electron chi connectivity index (χ3n) is 2.74. The molecule has 0 amide bonds. The quantitative estimate of drug-likeness (QED) is 0.671. The fraction of sp³-hybridized carbons (Fsp3) is 0.143. The van der Waals surface area contributed by atoms with E-state index >= 15 is 0 Å². The first kappa shape index (κ1) is 14.5. The number of halogens is 1. The van der Waals surface area contributed by atoms with Crippen molar-refractivity contribution >= 4 is 21.6 Å². The third-order valence-corrected chi connectivity index (χ3v) is 3.36. The molecule has 0 saturated heterocycles. The Bertz CT molecular complexity index is 644. The van der Waals surface area contributed by atoms with E-state index in [0.717, 1.165) is 10.0 Å². The molecular formula is C14H13BrN2O3. The maximum Gasteiger partial charge on any atom is 0.273 e. The predicted molar refractivity (Wildman–Crippen MR) is 79.9 cm³/mol. The smallest absolute Gasteiger partial charge is 0.273 e. The van der Waals surface area contributed by atoms with Crippen molar-refractivity contribution in [3.8, 4) is 11.5 Å². The number of nitrogens with two attached hydrogens (primary N) is 1. The maximum atomic E-state index is 10.7. The van der Waals surface area contributed by atoms with Crippen molar-refractivity contribution in [1.29, 1.82) is 0 Å². The molecule has 2 aromatic carbocycles. The average Bonchev–Trinajstić information content (AvgIpc) is 2.41. The number of nitro benzene ring substituents is 1. The molecular weight excluding hydrogens is 324 g/mol. The van der Waals surface area contributed by atoms with Gasteiger partial charge in [0.15, 0.2) is 0 Å². The van der Waals surface area contributed by atoms with E-state index in [1.807, 2.05) is 19.1 Å². The number of non-ortho nitro benzene ring substituents is 1. The minimum absolute atomic E-state index is 0.00850. The Morgan fingerprint density at radius 2 is 2.05 bits per heavy atom. The Morgan fingerprint density at radius 3 is 2.65 bits per heavy atom. The molecule has 0 saturated carbocycles. The van der Waals surface area contributed by atoms with Gasteiger partial charge in [-0.05, 0) is 46.6 Å². The molecule has 0 fully saturated rings. The van der Waals surface area contributed by atoms with Crippen molar-refractivity contribution < 1.29 is 9.66 Å². The minimum Gasteiger partial charge on any atom is -0.456 e. The average molecular weight is 337 g/mol. The van der Waals surface area contributed by atoms with Gasteiger partial charge in [-0.15, -0.1) is 0 Å². The van der Waals surface area contributed by atoms with Crippen LogP contribution in [0.1, 0.15) is 18.5 Å². The standard InChI is InChI=1S/C14H13BrN2O3/c1-9(16)10-5-6-14(13(15)7-10)20-12-4-2-3-11(8-12)17(18)19/h2-9H,16H2,1H3. The van der Waals surface area contributed by atoms with Crippen molar-refractivity contribution in [3.05, 3.63) is 62.6 Å². The third kappa shape index (κ3) is 3.34. The second-order valence-electron chi connectivity index (χ2n) is 4.34. The fourth-order valence-corrected chi connectivity index (χ4v) is 2.15. The summed E-state index contributed by atoms with van der Waals surface area (Å²) >= 11 is 3.41. The Hall–Kier alpha value is -1.92. The van der Waals surface area contributed by atoms with Crippen LogP contribution in [-0.4, -0.2) is 4.92 Å².